The second-order valence-electron chi connectivity index (χ2n) is 7.95. The van der Waals surface area contributed by atoms with Crippen molar-refractivity contribution in [3.63, 3.8) is 0 Å². The van der Waals surface area contributed by atoms with Crippen molar-refractivity contribution in [2.24, 2.45) is 0 Å². The van der Waals surface area contributed by atoms with E-state index in [0.717, 1.165) is 18.5 Å². The molecule has 2 aliphatic heterocycles. The van der Waals surface area contributed by atoms with Gasteiger partial charge in [-0.3, -0.25) is 14.5 Å². The summed E-state index contributed by atoms with van der Waals surface area (Å²) in [6.45, 7) is 1.99. The number of ether oxygens (including phenoxy) is 1. The van der Waals surface area contributed by atoms with Crippen molar-refractivity contribution in [1.29, 1.82) is 0 Å². The summed E-state index contributed by atoms with van der Waals surface area (Å²) in [5.41, 5.74) is 1.42. The summed E-state index contributed by atoms with van der Waals surface area (Å²) in [4.78, 5) is 29.7. The number of benzene rings is 2. The summed E-state index contributed by atoms with van der Waals surface area (Å²) in [7, 11) is 1.75. The van der Waals surface area contributed by atoms with Crippen LogP contribution in [0, 0.1) is 0 Å². The number of aliphatic hydroxyl groups is 1. The van der Waals surface area contributed by atoms with Gasteiger partial charge in [0.1, 0.15) is 5.75 Å². The molecule has 0 saturated carbocycles. The highest BCUT2D eigenvalue weighted by atomic mass is 35.5. The van der Waals surface area contributed by atoms with Crippen molar-refractivity contribution in [2.75, 3.05) is 26.7 Å². The monoisotopic (exact) mass is 428 g/mol. The Hall–Kier alpha value is -2.41. The van der Waals surface area contributed by atoms with E-state index in [0.29, 0.717) is 29.4 Å². The van der Waals surface area contributed by atoms with Crippen LogP contribution in [-0.2, 0) is 4.79 Å². The van der Waals surface area contributed by atoms with E-state index in [2.05, 4.69) is 4.90 Å². The third-order valence-electron chi connectivity index (χ3n) is 5.84. The van der Waals surface area contributed by atoms with Crippen LogP contribution in [0.2, 0.25) is 5.02 Å². The molecule has 30 heavy (non-hydrogen) atoms. The maximum Gasteiger partial charge on any atom is 0.264 e. The Balaban J connectivity index is 1.55. The molecular formula is C23H25ClN2O4. The molecule has 3 atom stereocenters. The van der Waals surface area contributed by atoms with E-state index >= 15 is 0 Å². The van der Waals surface area contributed by atoms with Crippen molar-refractivity contribution < 1.29 is 19.4 Å². The van der Waals surface area contributed by atoms with Crippen LogP contribution in [0.3, 0.4) is 0 Å². The van der Waals surface area contributed by atoms with Crippen molar-refractivity contribution in [2.45, 2.75) is 31.1 Å². The summed E-state index contributed by atoms with van der Waals surface area (Å²) in [5, 5.41) is 10.3. The lowest BCUT2D eigenvalue weighted by Gasteiger charge is -2.35. The number of nitrogens with zero attached hydrogens (tertiary/aromatic N) is 2. The van der Waals surface area contributed by atoms with Gasteiger partial charge in [0.15, 0.2) is 11.9 Å². The van der Waals surface area contributed by atoms with Crippen molar-refractivity contribution >= 4 is 23.3 Å². The Morgan fingerprint density at radius 1 is 1.30 bits per heavy atom. The lowest BCUT2D eigenvalue weighted by atomic mass is 9.98. The minimum atomic E-state index is -0.869. The summed E-state index contributed by atoms with van der Waals surface area (Å²) in [5.74, 6) is 0.00306. The lowest BCUT2D eigenvalue weighted by Crippen LogP contribution is -2.46. The molecule has 1 N–H and O–H groups in total. The molecule has 0 bridgehead atoms. The Morgan fingerprint density at radius 2 is 2.07 bits per heavy atom. The molecule has 4 rings (SSSR count). The number of fused-ring (bicyclic) bond motifs is 1. The standard InChI is InChI=1S/C23H25ClN2O4/c1-25(19(15-5-3-2-4-6-15)14-26-10-9-17(27)13-26)23(29)22-12-20(28)18-11-16(24)7-8-21(18)30-22/h2-8,11,17,19,22,27H,9-10,12-14H2,1H3/t17-,19+,22-/m0/s1. The van der Waals surface area contributed by atoms with Crippen LogP contribution in [0.25, 0.3) is 0 Å². The molecule has 0 aromatic heterocycles. The predicted octanol–water partition coefficient (Wildman–Crippen LogP) is 2.94. The molecule has 2 aromatic carbocycles. The topological polar surface area (TPSA) is 70.1 Å². The normalized spacial score (nSPS) is 22.3. The van der Waals surface area contributed by atoms with Gasteiger partial charge in [-0.05, 0) is 30.2 Å². The molecule has 6 nitrogen and oxygen atoms in total. The highest BCUT2D eigenvalue weighted by molar-refractivity contribution is 6.31. The van der Waals surface area contributed by atoms with Gasteiger partial charge in [-0.15, -0.1) is 0 Å². The van der Waals surface area contributed by atoms with E-state index in [1.165, 1.54) is 0 Å². The largest absolute Gasteiger partial charge is 0.479 e. The fraction of sp³-hybridized carbons (Fsp3) is 0.391. The summed E-state index contributed by atoms with van der Waals surface area (Å²) < 4.78 is 5.89. The van der Waals surface area contributed by atoms with E-state index < -0.39 is 6.10 Å². The number of Topliss-reactive ketones (excluding diaryl/α,β-unsaturated/α-hetero) is 1. The molecule has 1 saturated heterocycles. The van der Waals surface area contributed by atoms with E-state index in [1.807, 2.05) is 30.3 Å². The average molecular weight is 429 g/mol. The van der Waals surface area contributed by atoms with Gasteiger partial charge in [0, 0.05) is 31.7 Å². The second-order valence-corrected chi connectivity index (χ2v) is 8.39. The number of hydrogen-bond donors (Lipinski definition) is 1. The van der Waals surface area contributed by atoms with Crippen molar-refractivity contribution in [3.8, 4) is 5.75 Å². The number of amides is 1. The smallest absolute Gasteiger partial charge is 0.264 e. The van der Waals surface area contributed by atoms with Crippen molar-refractivity contribution in [3.05, 3.63) is 64.7 Å². The SMILES string of the molecule is CN(C(=O)[C@@H]1CC(=O)c2cc(Cl)ccc2O1)[C@H](CN1CC[C@H](O)C1)c1ccccc1. The lowest BCUT2D eigenvalue weighted by molar-refractivity contribution is -0.140. The van der Waals surface area contributed by atoms with Gasteiger partial charge in [0.2, 0.25) is 0 Å². The van der Waals surface area contributed by atoms with Gasteiger partial charge in [-0.1, -0.05) is 41.9 Å². The first-order chi connectivity index (χ1) is 14.4. The molecule has 0 unspecified atom stereocenters. The van der Waals surface area contributed by atoms with E-state index in [4.69, 9.17) is 16.3 Å². The maximum atomic E-state index is 13.3. The number of aliphatic hydroxyl groups excluding tert-OH is 1. The quantitative estimate of drug-likeness (QED) is 0.792. The fourth-order valence-corrected chi connectivity index (χ4v) is 4.34. The van der Waals surface area contributed by atoms with E-state index in [-0.39, 0.29) is 30.3 Å². The zero-order valence-electron chi connectivity index (χ0n) is 16.8. The predicted molar refractivity (Wildman–Crippen MR) is 114 cm³/mol. The number of halogens is 1. The van der Waals surface area contributed by atoms with Gasteiger partial charge in [0.05, 0.1) is 24.1 Å². The zero-order chi connectivity index (χ0) is 21.3. The molecule has 0 spiro atoms. The van der Waals surface area contributed by atoms with Gasteiger partial charge < -0.3 is 14.7 Å². The highest BCUT2D eigenvalue weighted by Gasteiger charge is 2.36. The first-order valence-corrected chi connectivity index (χ1v) is 10.5. The number of rotatable bonds is 5. The van der Waals surface area contributed by atoms with Crippen LogP contribution in [0.1, 0.15) is 34.8 Å². The average Bonchev–Trinajstić information content (AvgIpc) is 3.16. The number of ketones is 1. The van der Waals surface area contributed by atoms with Crippen LogP contribution in [0.15, 0.2) is 48.5 Å². The Labute approximate surface area is 181 Å². The number of β-amino-alcohol motifs (C(OH)–C–C–N with tert-alkyl or cyclic N) is 1. The molecular weight excluding hydrogens is 404 g/mol. The highest BCUT2D eigenvalue weighted by Crippen LogP contribution is 2.32. The van der Waals surface area contributed by atoms with Crippen LogP contribution in [0.5, 0.6) is 5.75 Å². The summed E-state index contributed by atoms with van der Waals surface area (Å²) in [6, 6.07) is 14.5. The molecule has 0 radical (unpaired) electrons. The molecule has 0 aliphatic carbocycles. The minimum absolute atomic E-state index is 0.0134. The summed E-state index contributed by atoms with van der Waals surface area (Å²) >= 11 is 5.99. The van der Waals surface area contributed by atoms with Crippen molar-refractivity contribution in [1.82, 2.24) is 9.80 Å². The first-order valence-electron chi connectivity index (χ1n) is 10.1. The van der Waals surface area contributed by atoms with E-state index in [1.54, 1.807) is 30.1 Å². The third kappa shape index (κ3) is 4.36. The van der Waals surface area contributed by atoms with Crippen LogP contribution < -0.4 is 4.74 Å². The van der Waals surface area contributed by atoms with Gasteiger partial charge in [-0.2, -0.15) is 0 Å². The Kier molecular flexibility index (Phi) is 6.09. The van der Waals surface area contributed by atoms with Gasteiger partial charge in [0.25, 0.3) is 5.91 Å². The minimum Gasteiger partial charge on any atom is -0.479 e. The molecule has 1 amide bonds. The molecule has 158 valence electrons. The second kappa shape index (κ2) is 8.76. The fourth-order valence-electron chi connectivity index (χ4n) is 4.16. The van der Waals surface area contributed by atoms with Crippen LogP contribution in [0.4, 0.5) is 0 Å². The number of likely N-dealkylation sites (tertiary alicyclic amines) is 1. The number of carbonyl (C=O) groups excluding carboxylic acids is 2. The summed E-state index contributed by atoms with van der Waals surface area (Å²) in [6.07, 6.45) is -0.476. The number of hydrogen-bond acceptors (Lipinski definition) is 5. The molecule has 2 aliphatic rings. The Bertz CT molecular complexity index is 936. The van der Waals surface area contributed by atoms with Gasteiger partial charge in [-0.25, -0.2) is 0 Å². The molecule has 7 heteroatoms. The number of likely N-dealkylation sites (N-methyl/N-ethyl adjacent to an activating group) is 1. The van der Waals surface area contributed by atoms with E-state index in [9.17, 15) is 14.7 Å². The zero-order valence-corrected chi connectivity index (χ0v) is 17.6. The van der Waals surface area contributed by atoms with Crippen LogP contribution >= 0.6 is 11.6 Å². The van der Waals surface area contributed by atoms with Crippen LogP contribution in [-0.4, -0.2) is 65.5 Å². The maximum absolute atomic E-state index is 13.3. The molecule has 1 fully saturated rings. The first kappa shape index (κ1) is 20.8. The number of carbonyl (C=O) groups is 2. The third-order valence-corrected chi connectivity index (χ3v) is 6.07. The molecule has 2 heterocycles. The van der Waals surface area contributed by atoms with Gasteiger partial charge >= 0.3 is 0 Å². The Morgan fingerprint density at radius 3 is 2.77 bits per heavy atom. The molecule has 2 aromatic rings.